The third-order valence-corrected chi connectivity index (χ3v) is 5.71. The molecule has 0 atom stereocenters. The molecule has 0 amide bonds. The standard InChI is InChI=1S/C12H24O2.C11H22O2.C7H14O2/c1-3-5-6-7-8-9-10-11-12(13)14-4-2;1-3-4-5-6-7-8-9-10-11(12)13-2;1-3-4-5-6-7(8)9-2/h3-11H2,1-2H3;3-10H2,1-2H3;3-6H2,1-2H3. The van der Waals surface area contributed by atoms with Crippen LogP contribution in [0, 0.1) is 0 Å². The van der Waals surface area contributed by atoms with E-state index in [1.807, 2.05) is 6.92 Å². The van der Waals surface area contributed by atoms with Crippen molar-refractivity contribution < 1.29 is 28.6 Å². The van der Waals surface area contributed by atoms with E-state index >= 15 is 0 Å². The van der Waals surface area contributed by atoms with Gasteiger partial charge < -0.3 is 14.2 Å². The molecule has 0 aliphatic carbocycles. The minimum Gasteiger partial charge on any atom is -0.469 e. The molecular weight excluding hydrogens is 456 g/mol. The molecule has 0 spiro atoms. The van der Waals surface area contributed by atoms with Crippen molar-refractivity contribution in [2.75, 3.05) is 20.8 Å². The van der Waals surface area contributed by atoms with E-state index in [0.717, 1.165) is 32.1 Å². The number of esters is 3. The third kappa shape index (κ3) is 39.6. The molecule has 0 fully saturated rings. The molecule has 0 aromatic heterocycles. The zero-order chi connectivity index (χ0) is 27.7. The van der Waals surface area contributed by atoms with Crippen molar-refractivity contribution in [3.63, 3.8) is 0 Å². The van der Waals surface area contributed by atoms with Crippen LogP contribution in [0.4, 0.5) is 0 Å². The van der Waals surface area contributed by atoms with Crippen molar-refractivity contribution in [3.8, 4) is 0 Å². The smallest absolute Gasteiger partial charge is 0.305 e. The van der Waals surface area contributed by atoms with Crippen LogP contribution in [0.25, 0.3) is 0 Å². The fourth-order valence-corrected chi connectivity index (χ4v) is 3.41. The Balaban J connectivity index is -0.000000465. The van der Waals surface area contributed by atoms with Gasteiger partial charge in [-0.15, -0.1) is 0 Å². The van der Waals surface area contributed by atoms with Gasteiger partial charge in [0.2, 0.25) is 0 Å². The lowest BCUT2D eigenvalue weighted by molar-refractivity contribution is -0.143. The van der Waals surface area contributed by atoms with Gasteiger partial charge in [0, 0.05) is 19.3 Å². The Morgan fingerprint density at radius 3 is 1.03 bits per heavy atom. The van der Waals surface area contributed by atoms with E-state index in [-0.39, 0.29) is 17.9 Å². The molecule has 0 heterocycles. The monoisotopic (exact) mass is 516 g/mol. The van der Waals surface area contributed by atoms with E-state index in [1.165, 1.54) is 91.3 Å². The van der Waals surface area contributed by atoms with Gasteiger partial charge in [-0.3, -0.25) is 14.4 Å². The van der Waals surface area contributed by atoms with Gasteiger partial charge in [0.25, 0.3) is 0 Å². The van der Waals surface area contributed by atoms with Crippen LogP contribution in [0.5, 0.6) is 0 Å². The molecule has 0 saturated heterocycles. The summed E-state index contributed by atoms with van der Waals surface area (Å²) in [6.07, 6.45) is 22.4. The second-order valence-corrected chi connectivity index (χ2v) is 9.16. The van der Waals surface area contributed by atoms with E-state index in [4.69, 9.17) is 4.74 Å². The summed E-state index contributed by atoms with van der Waals surface area (Å²) in [4.78, 5) is 32.1. The number of unbranched alkanes of at least 4 members (excludes halogenated alkanes) is 14. The van der Waals surface area contributed by atoms with Crippen molar-refractivity contribution in [1.82, 2.24) is 0 Å². The Hall–Kier alpha value is -1.59. The molecule has 6 nitrogen and oxygen atoms in total. The summed E-state index contributed by atoms with van der Waals surface area (Å²) in [7, 11) is 2.87. The fraction of sp³-hybridized carbons (Fsp3) is 0.900. The summed E-state index contributed by atoms with van der Waals surface area (Å²) in [5, 5.41) is 0. The average Bonchev–Trinajstić information content (AvgIpc) is 2.88. The predicted molar refractivity (Wildman–Crippen MR) is 150 cm³/mol. The first-order chi connectivity index (χ1) is 17.4. The first kappa shape index (κ1) is 38.9. The molecule has 36 heavy (non-hydrogen) atoms. The van der Waals surface area contributed by atoms with Crippen LogP contribution in [-0.4, -0.2) is 38.7 Å². The molecule has 0 N–H and O–H groups in total. The van der Waals surface area contributed by atoms with Crippen LogP contribution < -0.4 is 0 Å². The molecule has 0 bridgehead atoms. The second kappa shape index (κ2) is 35.6. The second-order valence-electron chi connectivity index (χ2n) is 9.16. The molecule has 0 saturated carbocycles. The molecule has 0 radical (unpaired) electrons. The maximum Gasteiger partial charge on any atom is 0.305 e. The van der Waals surface area contributed by atoms with Gasteiger partial charge in [-0.2, -0.15) is 0 Å². The molecule has 6 heteroatoms. The number of carbonyl (C=O) groups is 3. The zero-order valence-electron chi connectivity index (χ0n) is 24.8. The SMILES string of the molecule is CCCCCC(=O)OC.CCCCCCCCCC(=O)OC.CCCCCCCCCC(=O)OCC. The minimum atomic E-state index is -0.0940. The Kier molecular flexibility index (Phi) is 38.5. The minimum absolute atomic E-state index is 0.0407. The van der Waals surface area contributed by atoms with Crippen molar-refractivity contribution in [1.29, 1.82) is 0 Å². The lowest BCUT2D eigenvalue weighted by Crippen LogP contribution is -2.03. The zero-order valence-corrected chi connectivity index (χ0v) is 24.8. The van der Waals surface area contributed by atoms with Gasteiger partial charge in [0.15, 0.2) is 0 Å². The largest absolute Gasteiger partial charge is 0.469 e. The molecule has 0 aliphatic heterocycles. The molecule has 0 aromatic rings. The first-order valence-corrected chi connectivity index (χ1v) is 14.7. The Morgan fingerprint density at radius 1 is 0.417 bits per heavy atom. The molecule has 0 unspecified atom stereocenters. The number of carbonyl (C=O) groups excluding carboxylic acids is 3. The lowest BCUT2D eigenvalue weighted by atomic mass is 10.1. The van der Waals surface area contributed by atoms with Gasteiger partial charge in [-0.05, 0) is 26.2 Å². The quantitative estimate of drug-likeness (QED) is 0.0862. The van der Waals surface area contributed by atoms with Gasteiger partial charge >= 0.3 is 17.9 Å². The lowest BCUT2D eigenvalue weighted by Gasteiger charge is -2.01. The average molecular weight is 517 g/mol. The summed E-state index contributed by atoms with van der Waals surface area (Å²) in [6.45, 7) is 8.91. The molecule has 0 rings (SSSR count). The van der Waals surface area contributed by atoms with E-state index in [1.54, 1.807) is 0 Å². The van der Waals surface area contributed by atoms with E-state index < -0.39 is 0 Å². The van der Waals surface area contributed by atoms with Crippen LogP contribution in [0.1, 0.15) is 156 Å². The van der Waals surface area contributed by atoms with Crippen LogP contribution in [0.3, 0.4) is 0 Å². The molecule has 0 aliphatic rings. The summed E-state index contributed by atoms with van der Waals surface area (Å²) >= 11 is 0. The highest BCUT2D eigenvalue weighted by Gasteiger charge is 2.00. The number of rotatable bonds is 21. The first-order valence-electron chi connectivity index (χ1n) is 14.7. The Morgan fingerprint density at radius 2 is 0.694 bits per heavy atom. The highest BCUT2D eigenvalue weighted by molar-refractivity contribution is 5.69. The Bertz CT molecular complexity index is 464. The van der Waals surface area contributed by atoms with E-state index in [2.05, 4.69) is 30.2 Å². The van der Waals surface area contributed by atoms with Crippen LogP contribution >= 0.6 is 0 Å². The molecule has 0 aromatic carbocycles. The number of hydrogen-bond acceptors (Lipinski definition) is 6. The van der Waals surface area contributed by atoms with Gasteiger partial charge in [-0.25, -0.2) is 0 Å². The molecule has 216 valence electrons. The topological polar surface area (TPSA) is 78.9 Å². The Labute approximate surface area is 223 Å². The molecular formula is C30H60O6. The van der Waals surface area contributed by atoms with E-state index in [0.29, 0.717) is 25.9 Å². The normalized spacial score (nSPS) is 9.83. The van der Waals surface area contributed by atoms with Crippen LogP contribution in [-0.2, 0) is 28.6 Å². The number of hydrogen-bond donors (Lipinski definition) is 0. The van der Waals surface area contributed by atoms with Gasteiger partial charge in [0.1, 0.15) is 0 Å². The maximum atomic E-state index is 11.0. The summed E-state index contributed by atoms with van der Waals surface area (Å²) < 4.78 is 13.9. The predicted octanol–water partition coefficient (Wildman–Crippen LogP) is 8.73. The highest BCUT2D eigenvalue weighted by atomic mass is 16.5. The summed E-state index contributed by atoms with van der Waals surface area (Å²) in [5.74, 6) is -0.210. The van der Waals surface area contributed by atoms with Crippen molar-refractivity contribution in [3.05, 3.63) is 0 Å². The fourth-order valence-electron chi connectivity index (χ4n) is 3.41. The van der Waals surface area contributed by atoms with E-state index in [9.17, 15) is 14.4 Å². The maximum absolute atomic E-state index is 11.0. The van der Waals surface area contributed by atoms with Crippen molar-refractivity contribution in [2.45, 2.75) is 156 Å². The van der Waals surface area contributed by atoms with Gasteiger partial charge in [0.05, 0.1) is 20.8 Å². The van der Waals surface area contributed by atoms with Gasteiger partial charge in [-0.1, -0.05) is 111 Å². The number of methoxy groups -OCH3 is 2. The summed E-state index contributed by atoms with van der Waals surface area (Å²) in [5.41, 5.74) is 0. The van der Waals surface area contributed by atoms with Crippen molar-refractivity contribution >= 4 is 17.9 Å². The van der Waals surface area contributed by atoms with Crippen LogP contribution in [0.15, 0.2) is 0 Å². The van der Waals surface area contributed by atoms with Crippen LogP contribution in [0.2, 0.25) is 0 Å². The van der Waals surface area contributed by atoms with Crippen molar-refractivity contribution in [2.24, 2.45) is 0 Å². The third-order valence-electron chi connectivity index (χ3n) is 5.71. The summed E-state index contributed by atoms with van der Waals surface area (Å²) in [6, 6.07) is 0. The highest BCUT2D eigenvalue weighted by Crippen LogP contribution is 2.09. The number of ether oxygens (including phenoxy) is 3.